The van der Waals surface area contributed by atoms with Crippen molar-refractivity contribution in [2.75, 3.05) is 41.0 Å². The highest BCUT2D eigenvalue weighted by Crippen LogP contribution is 2.12. The van der Waals surface area contributed by atoms with Gasteiger partial charge < -0.3 is 23.8 Å². The van der Waals surface area contributed by atoms with Crippen LogP contribution in [0.3, 0.4) is 0 Å². The maximum absolute atomic E-state index is 12.7. The molecule has 0 aromatic rings. The lowest BCUT2D eigenvalue weighted by atomic mass is 10.1. The van der Waals surface area contributed by atoms with E-state index in [2.05, 4.69) is 98.9 Å². The number of hydrogen-bond donors (Lipinski definition) is 1. The Morgan fingerprint density at radius 2 is 1.07 bits per heavy atom. The number of aliphatic carboxylic acids is 1. The highest BCUT2D eigenvalue weighted by atomic mass is 16.6. The van der Waals surface area contributed by atoms with Gasteiger partial charge in [0.05, 0.1) is 34.4 Å². The zero-order chi connectivity index (χ0) is 41.4. The fraction of sp³-hybridized carbons (Fsp3) is 0.646. The third-order valence-electron chi connectivity index (χ3n) is 9.06. The van der Waals surface area contributed by atoms with Crippen molar-refractivity contribution in [3.63, 3.8) is 0 Å². The summed E-state index contributed by atoms with van der Waals surface area (Å²) < 4.78 is 17.2. The molecule has 0 spiro atoms. The number of carboxylic acid groups (broad SMARTS) is 1. The molecule has 8 heteroatoms. The van der Waals surface area contributed by atoms with E-state index in [1.54, 1.807) is 0 Å². The Balaban J connectivity index is 4.49. The molecule has 8 nitrogen and oxygen atoms in total. The second-order valence-electron chi connectivity index (χ2n) is 15.2. The van der Waals surface area contributed by atoms with Crippen molar-refractivity contribution in [1.29, 1.82) is 0 Å². The highest BCUT2D eigenvalue weighted by Gasteiger charge is 2.31. The Hall–Kier alpha value is -3.49. The van der Waals surface area contributed by atoms with Crippen LogP contribution >= 0.6 is 0 Å². The van der Waals surface area contributed by atoms with Gasteiger partial charge in [0.25, 0.3) is 0 Å². The molecule has 0 aliphatic rings. The smallest absolute Gasteiger partial charge is 0.362 e. The third kappa shape index (κ3) is 36.2. The number of hydrogen-bond acceptors (Lipinski definition) is 6. The first-order valence-corrected chi connectivity index (χ1v) is 21.6. The highest BCUT2D eigenvalue weighted by molar-refractivity contribution is 5.72. The lowest BCUT2D eigenvalue weighted by Gasteiger charge is -2.31. The van der Waals surface area contributed by atoms with Crippen molar-refractivity contribution < 1.29 is 38.2 Å². The van der Waals surface area contributed by atoms with Crippen LogP contribution in [0.4, 0.5) is 0 Å². The lowest BCUT2D eigenvalue weighted by molar-refractivity contribution is -0.887. The molecule has 0 bridgehead atoms. The van der Waals surface area contributed by atoms with Gasteiger partial charge in [0.2, 0.25) is 0 Å². The molecule has 0 aromatic carbocycles. The van der Waals surface area contributed by atoms with Gasteiger partial charge in [-0.05, 0) is 77.0 Å². The van der Waals surface area contributed by atoms with Gasteiger partial charge in [-0.25, -0.2) is 4.79 Å². The van der Waals surface area contributed by atoms with Crippen molar-refractivity contribution >= 4 is 17.9 Å². The first-order chi connectivity index (χ1) is 27.1. The largest absolute Gasteiger partial charge is 0.477 e. The number of nitrogens with zero attached hydrogens (tertiary/aromatic N) is 1. The van der Waals surface area contributed by atoms with E-state index in [1.165, 1.54) is 32.1 Å². The zero-order valence-corrected chi connectivity index (χ0v) is 36.1. The van der Waals surface area contributed by atoms with E-state index in [1.807, 2.05) is 21.1 Å². The van der Waals surface area contributed by atoms with Gasteiger partial charge in [0, 0.05) is 19.3 Å². The molecule has 0 fully saturated rings. The maximum atomic E-state index is 12.7. The number of quaternary nitrogens is 1. The Morgan fingerprint density at radius 3 is 1.62 bits per heavy atom. The minimum Gasteiger partial charge on any atom is -0.477 e. The quantitative estimate of drug-likeness (QED) is 0.0220. The summed E-state index contributed by atoms with van der Waals surface area (Å²) in [5, 5.41) is 9.61. The van der Waals surface area contributed by atoms with E-state index < -0.39 is 18.1 Å². The predicted octanol–water partition coefficient (Wildman–Crippen LogP) is 11.7. The van der Waals surface area contributed by atoms with Crippen LogP contribution in [0.25, 0.3) is 0 Å². The number of likely N-dealkylation sites (N-methyl/N-ethyl adjacent to an activating group) is 1. The molecule has 0 saturated heterocycles. The predicted molar refractivity (Wildman–Crippen MR) is 233 cm³/mol. The number of esters is 2. The molecular formula is C48H80NO7+. The van der Waals surface area contributed by atoms with Crippen LogP contribution in [0.5, 0.6) is 0 Å². The van der Waals surface area contributed by atoms with Crippen LogP contribution in [0.2, 0.25) is 0 Å². The molecule has 318 valence electrons. The minimum atomic E-state index is -0.889. The summed E-state index contributed by atoms with van der Waals surface area (Å²) in [5.74, 6) is -1.57. The van der Waals surface area contributed by atoms with E-state index in [0.29, 0.717) is 19.3 Å². The third-order valence-corrected chi connectivity index (χ3v) is 9.06. The molecule has 2 unspecified atom stereocenters. The molecule has 0 aliphatic heterocycles. The first-order valence-electron chi connectivity index (χ1n) is 21.6. The van der Waals surface area contributed by atoms with Gasteiger partial charge in [-0.2, -0.15) is 0 Å². The average Bonchev–Trinajstić information content (AvgIpc) is 3.15. The summed E-state index contributed by atoms with van der Waals surface area (Å²) in [6.07, 6.45) is 49.1. The van der Waals surface area contributed by atoms with Crippen molar-refractivity contribution in [3.05, 3.63) is 85.1 Å². The summed E-state index contributed by atoms with van der Waals surface area (Å²) >= 11 is 0. The van der Waals surface area contributed by atoms with Crippen molar-refractivity contribution in [3.8, 4) is 0 Å². The van der Waals surface area contributed by atoms with Gasteiger partial charge in [-0.15, -0.1) is 0 Å². The fourth-order valence-corrected chi connectivity index (χ4v) is 5.70. The van der Waals surface area contributed by atoms with E-state index in [-0.39, 0.29) is 42.7 Å². The summed E-state index contributed by atoms with van der Waals surface area (Å²) in [4.78, 5) is 36.9. The lowest BCUT2D eigenvalue weighted by Crippen LogP contribution is -2.50. The van der Waals surface area contributed by atoms with Crippen LogP contribution in [-0.2, 0) is 28.6 Å². The molecular weight excluding hydrogens is 703 g/mol. The van der Waals surface area contributed by atoms with Crippen LogP contribution in [-0.4, -0.2) is 80.6 Å². The molecule has 0 heterocycles. The molecule has 0 radical (unpaired) electrons. The maximum Gasteiger partial charge on any atom is 0.362 e. The second-order valence-corrected chi connectivity index (χ2v) is 15.2. The SMILES string of the molecule is CC/C=C/C/C=C/C/C=C/C/C=C/C/C=C/CCCC(=O)OCC(COCCC(C(=O)O)[N+](C)(C)C)OC(=O)CCCCCCCC/C=C/C=C/CCCCC. The minimum absolute atomic E-state index is 0.0334. The zero-order valence-electron chi connectivity index (χ0n) is 36.1. The Kier molecular flexibility index (Phi) is 36.0. The molecule has 0 rings (SSSR count). The number of ether oxygens (including phenoxy) is 3. The second kappa shape index (κ2) is 38.4. The number of allylic oxidation sites excluding steroid dienone is 14. The molecule has 0 saturated carbocycles. The summed E-state index contributed by atoms with van der Waals surface area (Å²) in [5.41, 5.74) is 0. The van der Waals surface area contributed by atoms with Gasteiger partial charge >= 0.3 is 17.9 Å². The van der Waals surface area contributed by atoms with Crippen LogP contribution < -0.4 is 0 Å². The van der Waals surface area contributed by atoms with Gasteiger partial charge in [-0.3, -0.25) is 9.59 Å². The Bertz CT molecular complexity index is 1190. The number of unbranched alkanes of at least 4 members (excludes halogenated alkanes) is 10. The van der Waals surface area contributed by atoms with Crippen LogP contribution in [0.15, 0.2) is 85.1 Å². The van der Waals surface area contributed by atoms with Gasteiger partial charge in [0.1, 0.15) is 6.61 Å². The molecule has 56 heavy (non-hydrogen) atoms. The molecule has 0 aliphatic carbocycles. The summed E-state index contributed by atoms with van der Waals surface area (Å²) in [7, 11) is 5.49. The first kappa shape index (κ1) is 52.5. The average molecular weight is 783 g/mol. The van der Waals surface area contributed by atoms with E-state index >= 15 is 0 Å². The number of carbonyl (C=O) groups excluding carboxylic acids is 2. The number of carboxylic acids is 1. The van der Waals surface area contributed by atoms with E-state index in [9.17, 15) is 19.5 Å². The Labute approximate surface area is 342 Å². The van der Waals surface area contributed by atoms with Gasteiger partial charge in [-0.1, -0.05) is 137 Å². The van der Waals surface area contributed by atoms with Crippen molar-refractivity contribution in [1.82, 2.24) is 0 Å². The van der Waals surface area contributed by atoms with Crippen molar-refractivity contribution in [2.24, 2.45) is 0 Å². The summed E-state index contributed by atoms with van der Waals surface area (Å²) in [6, 6.07) is -0.629. The van der Waals surface area contributed by atoms with Crippen LogP contribution in [0, 0.1) is 0 Å². The van der Waals surface area contributed by atoms with Crippen molar-refractivity contribution in [2.45, 2.75) is 161 Å². The Morgan fingerprint density at radius 1 is 0.571 bits per heavy atom. The molecule has 0 amide bonds. The molecule has 1 N–H and O–H groups in total. The topological polar surface area (TPSA) is 99.1 Å². The number of carbonyl (C=O) groups is 3. The fourth-order valence-electron chi connectivity index (χ4n) is 5.70. The van der Waals surface area contributed by atoms with E-state index in [4.69, 9.17) is 14.2 Å². The van der Waals surface area contributed by atoms with Gasteiger partial charge in [0.15, 0.2) is 12.1 Å². The normalized spacial score (nSPS) is 13.8. The van der Waals surface area contributed by atoms with Crippen LogP contribution in [0.1, 0.15) is 149 Å². The standard InChI is InChI=1S/C48H79NO7/c1-6-8-10-12-14-16-18-20-22-23-25-26-28-30-32-34-36-38-46(50)55-43-44(42-54-41-40-45(48(52)53)49(3,4)5)56-47(51)39-37-35-33-31-29-27-24-21-19-17-15-13-11-9-7-2/h8,10,14-17,19-22,25-26,30,32,44-45H,6-7,9,11-13,18,23-24,27-29,31,33-43H2,1-5H3/p+1/b10-8+,16-14+,17-15+,21-19+,22-20+,26-25+,32-30+. The monoisotopic (exact) mass is 783 g/mol. The number of rotatable bonds is 37. The summed E-state index contributed by atoms with van der Waals surface area (Å²) in [6.45, 7) is 4.50. The molecule has 2 atom stereocenters. The molecule has 0 aromatic heterocycles. The van der Waals surface area contributed by atoms with E-state index in [0.717, 1.165) is 77.0 Å².